The Morgan fingerprint density at radius 3 is 2.75 bits per heavy atom. The van der Waals surface area contributed by atoms with Crippen molar-refractivity contribution in [1.29, 1.82) is 0 Å². The van der Waals surface area contributed by atoms with Crippen molar-refractivity contribution in [3.05, 3.63) is 22.8 Å². The highest BCUT2D eigenvalue weighted by Crippen LogP contribution is 2.38. The summed E-state index contributed by atoms with van der Waals surface area (Å²) in [7, 11) is 0. The van der Waals surface area contributed by atoms with Crippen LogP contribution in [0, 0.1) is 13.8 Å². The second-order valence-corrected chi connectivity index (χ2v) is 5.28. The molecule has 0 aliphatic heterocycles. The Balaban J connectivity index is 1.54. The Hall–Kier alpha value is -2.18. The topological polar surface area (TPSA) is 99.4 Å². The minimum absolute atomic E-state index is 0.0775. The van der Waals surface area contributed by atoms with E-state index in [0.717, 1.165) is 35.6 Å². The van der Waals surface area contributed by atoms with Crippen LogP contribution in [0.5, 0.6) is 0 Å². The van der Waals surface area contributed by atoms with Crippen molar-refractivity contribution in [1.82, 2.24) is 25.4 Å². The van der Waals surface area contributed by atoms with Gasteiger partial charge in [-0.2, -0.15) is 10.1 Å². The lowest BCUT2D eigenvalue weighted by Gasteiger charge is -2.01. The van der Waals surface area contributed by atoms with Crippen molar-refractivity contribution < 1.29 is 4.79 Å². The van der Waals surface area contributed by atoms with Crippen LogP contribution >= 0.6 is 0 Å². The molecule has 3 rings (SSSR count). The van der Waals surface area contributed by atoms with Crippen molar-refractivity contribution in [3.63, 3.8) is 0 Å². The molecular formula is C13H18N6O. The van der Waals surface area contributed by atoms with Gasteiger partial charge in [0.15, 0.2) is 0 Å². The van der Waals surface area contributed by atoms with Gasteiger partial charge >= 0.3 is 0 Å². The molecule has 2 heterocycles. The van der Waals surface area contributed by atoms with E-state index >= 15 is 0 Å². The minimum Gasteiger partial charge on any atom is -0.293 e. The molecule has 7 heteroatoms. The molecule has 2 aromatic rings. The smallest absolute Gasteiger partial charge is 0.248 e. The average Bonchev–Trinajstić information content (AvgIpc) is 3.09. The first-order valence-electron chi connectivity index (χ1n) is 6.86. The molecule has 1 aliphatic rings. The van der Waals surface area contributed by atoms with Gasteiger partial charge in [-0.15, -0.1) is 5.10 Å². The van der Waals surface area contributed by atoms with E-state index in [1.807, 2.05) is 13.8 Å². The normalized spacial score (nSPS) is 14.5. The third-order valence-electron chi connectivity index (χ3n) is 3.60. The quantitative estimate of drug-likeness (QED) is 0.771. The number of aryl methyl sites for hydroxylation is 2. The first-order chi connectivity index (χ1) is 9.63. The fourth-order valence-electron chi connectivity index (χ4n) is 2.24. The third-order valence-corrected chi connectivity index (χ3v) is 3.60. The first-order valence-corrected chi connectivity index (χ1v) is 6.86. The van der Waals surface area contributed by atoms with E-state index in [1.54, 1.807) is 0 Å². The Kier molecular flexibility index (Phi) is 3.25. The van der Waals surface area contributed by atoms with Crippen LogP contribution in [0.25, 0.3) is 0 Å². The Morgan fingerprint density at radius 1 is 1.30 bits per heavy atom. The fourth-order valence-corrected chi connectivity index (χ4v) is 2.24. The van der Waals surface area contributed by atoms with E-state index in [0.29, 0.717) is 24.7 Å². The highest BCUT2D eigenvalue weighted by molar-refractivity contribution is 5.89. The van der Waals surface area contributed by atoms with E-state index in [1.165, 1.54) is 0 Å². The molecule has 0 spiro atoms. The molecule has 7 nitrogen and oxygen atoms in total. The van der Waals surface area contributed by atoms with Gasteiger partial charge in [0.1, 0.15) is 5.82 Å². The number of carbonyl (C=O) groups is 1. The second kappa shape index (κ2) is 5.07. The van der Waals surface area contributed by atoms with Crippen LogP contribution < -0.4 is 5.32 Å². The van der Waals surface area contributed by atoms with Crippen molar-refractivity contribution in [2.24, 2.45) is 0 Å². The van der Waals surface area contributed by atoms with E-state index in [2.05, 4.69) is 30.7 Å². The highest BCUT2D eigenvalue weighted by atomic mass is 16.1. The predicted octanol–water partition coefficient (Wildman–Crippen LogP) is 1.59. The summed E-state index contributed by atoms with van der Waals surface area (Å²) in [6, 6.07) is 0. The van der Waals surface area contributed by atoms with Gasteiger partial charge in [-0.3, -0.25) is 20.3 Å². The molecule has 3 N–H and O–H groups in total. The van der Waals surface area contributed by atoms with Crippen molar-refractivity contribution in [2.75, 3.05) is 5.32 Å². The summed E-state index contributed by atoms with van der Waals surface area (Å²) < 4.78 is 0. The Labute approximate surface area is 116 Å². The van der Waals surface area contributed by atoms with Crippen LogP contribution in [0.15, 0.2) is 0 Å². The zero-order chi connectivity index (χ0) is 14.1. The molecule has 1 saturated carbocycles. The van der Waals surface area contributed by atoms with E-state index < -0.39 is 0 Å². The molecule has 0 aromatic carbocycles. The van der Waals surface area contributed by atoms with Crippen LogP contribution in [0.4, 0.5) is 5.95 Å². The summed E-state index contributed by atoms with van der Waals surface area (Å²) in [5, 5.41) is 16.6. The van der Waals surface area contributed by atoms with Crippen LogP contribution in [-0.2, 0) is 11.2 Å². The molecule has 1 aliphatic carbocycles. The number of hydrogen-bond acceptors (Lipinski definition) is 4. The van der Waals surface area contributed by atoms with Gasteiger partial charge in [-0.1, -0.05) is 0 Å². The zero-order valence-corrected chi connectivity index (χ0v) is 11.7. The summed E-state index contributed by atoms with van der Waals surface area (Å²) in [4.78, 5) is 16.2. The summed E-state index contributed by atoms with van der Waals surface area (Å²) in [6.07, 6.45) is 3.37. The summed E-state index contributed by atoms with van der Waals surface area (Å²) in [6.45, 7) is 3.90. The van der Waals surface area contributed by atoms with Gasteiger partial charge in [-0.05, 0) is 38.7 Å². The molecular weight excluding hydrogens is 256 g/mol. The third kappa shape index (κ3) is 2.71. The van der Waals surface area contributed by atoms with Crippen LogP contribution in [0.3, 0.4) is 0 Å². The van der Waals surface area contributed by atoms with E-state index in [-0.39, 0.29) is 5.91 Å². The molecule has 0 bridgehead atoms. The maximum absolute atomic E-state index is 11.9. The number of H-pyrrole nitrogens is 2. The standard InChI is InChI=1S/C13H18N6O/c1-7-10(8(2)17-16-7)5-6-11(20)14-13-15-12(18-19-13)9-3-4-9/h9H,3-6H2,1-2H3,(H,16,17)(H2,14,15,18,19,20). The van der Waals surface area contributed by atoms with Crippen LogP contribution in [0.2, 0.25) is 0 Å². The van der Waals surface area contributed by atoms with E-state index in [9.17, 15) is 4.79 Å². The van der Waals surface area contributed by atoms with Gasteiger partial charge < -0.3 is 0 Å². The molecule has 20 heavy (non-hydrogen) atoms. The lowest BCUT2D eigenvalue weighted by atomic mass is 10.1. The van der Waals surface area contributed by atoms with Gasteiger partial charge in [0.2, 0.25) is 11.9 Å². The number of aromatic amines is 2. The number of aromatic nitrogens is 5. The summed E-state index contributed by atoms with van der Waals surface area (Å²) >= 11 is 0. The predicted molar refractivity (Wildman–Crippen MR) is 73.4 cm³/mol. The minimum atomic E-state index is -0.0775. The van der Waals surface area contributed by atoms with Crippen LogP contribution in [-0.4, -0.2) is 31.3 Å². The molecule has 0 atom stereocenters. The maximum Gasteiger partial charge on any atom is 0.248 e. The Morgan fingerprint density at radius 2 is 2.10 bits per heavy atom. The fraction of sp³-hybridized carbons (Fsp3) is 0.538. The number of rotatable bonds is 5. The molecule has 106 valence electrons. The van der Waals surface area contributed by atoms with Crippen molar-refractivity contribution in [3.8, 4) is 0 Å². The number of carbonyl (C=O) groups excluding carboxylic acids is 1. The van der Waals surface area contributed by atoms with Crippen LogP contribution in [0.1, 0.15) is 48.0 Å². The first kappa shape index (κ1) is 12.8. The lowest BCUT2D eigenvalue weighted by molar-refractivity contribution is -0.116. The van der Waals surface area contributed by atoms with E-state index in [4.69, 9.17) is 0 Å². The highest BCUT2D eigenvalue weighted by Gasteiger charge is 2.27. The molecule has 0 saturated heterocycles. The monoisotopic (exact) mass is 274 g/mol. The van der Waals surface area contributed by atoms with Gasteiger partial charge in [0, 0.05) is 18.0 Å². The maximum atomic E-state index is 11.9. The lowest BCUT2D eigenvalue weighted by Crippen LogP contribution is -2.13. The van der Waals surface area contributed by atoms with Gasteiger partial charge in [0.05, 0.1) is 5.69 Å². The molecule has 1 fully saturated rings. The zero-order valence-electron chi connectivity index (χ0n) is 11.7. The number of amides is 1. The number of nitrogens with one attached hydrogen (secondary N) is 3. The molecule has 1 amide bonds. The largest absolute Gasteiger partial charge is 0.293 e. The number of nitrogens with zero attached hydrogens (tertiary/aromatic N) is 3. The van der Waals surface area contributed by atoms with Crippen molar-refractivity contribution in [2.45, 2.75) is 45.4 Å². The molecule has 2 aromatic heterocycles. The molecule has 0 unspecified atom stereocenters. The van der Waals surface area contributed by atoms with Gasteiger partial charge in [0.25, 0.3) is 0 Å². The second-order valence-electron chi connectivity index (χ2n) is 5.28. The summed E-state index contributed by atoms with van der Waals surface area (Å²) in [5.41, 5.74) is 3.07. The number of anilines is 1. The Bertz CT molecular complexity index is 605. The van der Waals surface area contributed by atoms with Gasteiger partial charge in [-0.25, -0.2) is 0 Å². The number of hydrogen-bond donors (Lipinski definition) is 3. The average molecular weight is 274 g/mol. The molecule has 0 radical (unpaired) electrons. The SMILES string of the molecule is Cc1n[nH]c(C)c1CCC(=O)Nc1n[nH]c(C2CC2)n1. The van der Waals surface area contributed by atoms with Crippen molar-refractivity contribution >= 4 is 11.9 Å². The summed E-state index contributed by atoms with van der Waals surface area (Å²) in [5.74, 6) is 1.68.